The Hall–Kier alpha value is -1.43. The highest BCUT2D eigenvalue weighted by Gasteiger charge is 2.46. The van der Waals surface area contributed by atoms with Gasteiger partial charge < -0.3 is 19.3 Å². The Morgan fingerprint density at radius 2 is 2.04 bits per heavy atom. The Morgan fingerprint density at radius 3 is 2.67 bits per heavy atom. The summed E-state index contributed by atoms with van der Waals surface area (Å²) in [6.07, 6.45) is 3.05. The fourth-order valence-corrected chi connectivity index (χ4v) is 3.43. The molecule has 5 nitrogen and oxygen atoms in total. The first kappa shape index (κ1) is 17.4. The van der Waals surface area contributed by atoms with Gasteiger partial charge in [0, 0.05) is 18.8 Å². The van der Waals surface area contributed by atoms with Crippen molar-refractivity contribution < 1.29 is 24.1 Å². The number of carbonyl (C=O) groups is 1. The molecule has 2 heterocycles. The summed E-state index contributed by atoms with van der Waals surface area (Å²) in [5.74, 6) is -0.673. The molecule has 2 fully saturated rings. The highest BCUT2D eigenvalue weighted by atomic mass is 16.7. The Labute approximate surface area is 142 Å². The third-order valence-electron chi connectivity index (χ3n) is 5.19. The van der Waals surface area contributed by atoms with Crippen LogP contribution >= 0.6 is 0 Å². The monoisotopic (exact) mass is 334 g/mol. The van der Waals surface area contributed by atoms with Crippen molar-refractivity contribution >= 4 is 5.97 Å². The van der Waals surface area contributed by atoms with E-state index in [2.05, 4.69) is 6.92 Å². The smallest absolute Gasteiger partial charge is 0.338 e. The third kappa shape index (κ3) is 3.79. The molecular formula is C19H26O5. The van der Waals surface area contributed by atoms with E-state index in [1.165, 1.54) is 0 Å². The van der Waals surface area contributed by atoms with E-state index in [1.807, 2.05) is 6.07 Å². The highest BCUT2D eigenvalue weighted by Crippen LogP contribution is 2.39. The van der Waals surface area contributed by atoms with Crippen molar-refractivity contribution in [1.82, 2.24) is 0 Å². The lowest BCUT2D eigenvalue weighted by atomic mass is 9.86. The third-order valence-corrected chi connectivity index (χ3v) is 5.19. The van der Waals surface area contributed by atoms with Crippen molar-refractivity contribution in [2.24, 2.45) is 11.8 Å². The second kappa shape index (κ2) is 7.64. The van der Waals surface area contributed by atoms with Gasteiger partial charge in [0.15, 0.2) is 5.79 Å². The summed E-state index contributed by atoms with van der Waals surface area (Å²) in [4.78, 5) is 12.4. The quantitative estimate of drug-likeness (QED) is 0.858. The minimum absolute atomic E-state index is 0.0690. The summed E-state index contributed by atoms with van der Waals surface area (Å²) < 4.78 is 17.7. The van der Waals surface area contributed by atoms with Gasteiger partial charge in [0.25, 0.3) is 0 Å². The van der Waals surface area contributed by atoms with Crippen LogP contribution < -0.4 is 0 Å². The van der Waals surface area contributed by atoms with Crippen LogP contribution in [-0.4, -0.2) is 42.8 Å². The van der Waals surface area contributed by atoms with Crippen LogP contribution in [-0.2, 0) is 14.2 Å². The van der Waals surface area contributed by atoms with Gasteiger partial charge in [-0.3, -0.25) is 0 Å². The molecule has 1 aromatic rings. The molecule has 1 aromatic carbocycles. The van der Waals surface area contributed by atoms with Crippen LogP contribution in [0.5, 0.6) is 0 Å². The van der Waals surface area contributed by atoms with Gasteiger partial charge in [-0.25, -0.2) is 4.79 Å². The minimum atomic E-state index is -0.668. The van der Waals surface area contributed by atoms with Gasteiger partial charge in [0.1, 0.15) is 6.10 Å². The largest absolute Gasteiger partial charge is 0.458 e. The highest BCUT2D eigenvalue weighted by molar-refractivity contribution is 5.89. The van der Waals surface area contributed by atoms with Crippen LogP contribution in [0.3, 0.4) is 0 Å². The summed E-state index contributed by atoms with van der Waals surface area (Å²) in [6, 6.07) is 8.93. The van der Waals surface area contributed by atoms with Crippen LogP contribution in [0.4, 0.5) is 0 Å². The molecule has 1 N–H and O–H groups in total. The van der Waals surface area contributed by atoms with Gasteiger partial charge in [0.2, 0.25) is 0 Å². The first-order valence-electron chi connectivity index (χ1n) is 8.80. The zero-order valence-electron chi connectivity index (χ0n) is 14.1. The van der Waals surface area contributed by atoms with Crippen molar-refractivity contribution in [3.05, 3.63) is 35.9 Å². The van der Waals surface area contributed by atoms with Crippen LogP contribution in [0.2, 0.25) is 0 Å². The predicted molar refractivity (Wildman–Crippen MR) is 88.5 cm³/mol. The molecule has 0 unspecified atom stereocenters. The number of aliphatic hydroxyl groups excluding tert-OH is 1. The van der Waals surface area contributed by atoms with Gasteiger partial charge in [0.05, 0.1) is 25.4 Å². The average molecular weight is 334 g/mol. The lowest BCUT2D eigenvalue weighted by Gasteiger charge is -2.46. The van der Waals surface area contributed by atoms with Crippen LogP contribution in [0, 0.1) is 11.8 Å². The number of ether oxygens (including phenoxy) is 3. The van der Waals surface area contributed by atoms with Crippen molar-refractivity contribution in [3.63, 3.8) is 0 Å². The molecule has 132 valence electrons. The minimum Gasteiger partial charge on any atom is -0.458 e. The summed E-state index contributed by atoms with van der Waals surface area (Å²) in [7, 11) is 0. The van der Waals surface area contributed by atoms with Crippen molar-refractivity contribution in [2.45, 2.75) is 44.5 Å². The molecule has 2 saturated heterocycles. The van der Waals surface area contributed by atoms with Crippen LogP contribution in [0.1, 0.15) is 43.0 Å². The van der Waals surface area contributed by atoms with E-state index >= 15 is 0 Å². The van der Waals surface area contributed by atoms with Crippen molar-refractivity contribution in [3.8, 4) is 0 Å². The number of hydrogen-bond acceptors (Lipinski definition) is 5. The summed E-state index contributed by atoms with van der Waals surface area (Å²) in [5, 5.41) is 9.60. The molecule has 0 amide bonds. The lowest BCUT2D eigenvalue weighted by Crippen LogP contribution is -2.53. The second-order valence-electron chi connectivity index (χ2n) is 6.80. The van der Waals surface area contributed by atoms with E-state index < -0.39 is 11.9 Å². The molecule has 0 aliphatic carbocycles. The van der Waals surface area contributed by atoms with E-state index in [0.29, 0.717) is 31.1 Å². The SMILES string of the molecule is CC[C@@H]1CC[C@@]2(C[C@H](OC(=O)c3ccccc3)[C@@H](CO)CO2)OC1. The molecule has 0 saturated carbocycles. The topological polar surface area (TPSA) is 65.0 Å². The lowest BCUT2D eigenvalue weighted by molar-refractivity contribution is -0.306. The zero-order chi connectivity index (χ0) is 17.0. The number of rotatable bonds is 4. The Balaban J connectivity index is 1.67. The Kier molecular flexibility index (Phi) is 5.54. The Morgan fingerprint density at radius 1 is 1.29 bits per heavy atom. The van der Waals surface area contributed by atoms with Crippen LogP contribution in [0.15, 0.2) is 30.3 Å². The average Bonchev–Trinajstić information content (AvgIpc) is 2.63. The summed E-state index contributed by atoms with van der Waals surface area (Å²) in [5.41, 5.74) is 0.519. The van der Waals surface area contributed by atoms with E-state index in [9.17, 15) is 9.90 Å². The van der Waals surface area contributed by atoms with E-state index in [0.717, 1.165) is 19.3 Å². The number of benzene rings is 1. The van der Waals surface area contributed by atoms with Gasteiger partial charge in [-0.05, 0) is 24.5 Å². The molecule has 2 aliphatic rings. The van der Waals surface area contributed by atoms with Gasteiger partial charge in [-0.15, -0.1) is 0 Å². The zero-order valence-corrected chi connectivity index (χ0v) is 14.1. The summed E-state index contributed by atoms with van der Waals surface area (Å²) in [6.45, 7) is 3.13. The van der Waals surface area contributed by atoms with Crippen molar-refractivity contribution in [1.29, 1.82) is 0 Å². The molecule has 0 aromatic heterocycles. The number of esters is 1. The van der Waals surface area contributed by atoms with E-state index in [-0.39, 0.29) is 18.5 Å². The number of carbonyl (C=O) groups excluding carboxylic acids is 1. The predicted octanol–water partition coefficient (Wildman–Crippen LogP) is 2.77. The number of aliphatic hydroxyl groups is 1. The van der Waals surface area contributed by atoms with E-state index in [1.54, 1.807) is 24.3 Å². The maximum Gasteiger partial charge on any atom is 0.338 e. The summed E-state index contributed by atoms with van der Waals surface area (Å²) >= 11 is 0. The Bertz CT molecular complexity index is 530. The molecule has 0 radical (unpaired) electrons. The molecular weight excluding hydrogens is 308 g/mol. The normalized spacial score (nSPS) is 33.3. The first-order valence-corrected chi connectivity index (χ1v) is 8.80. The standard InChI is InChI=1S/C19H26O5/c1-2-14-8-9-19(22-12-14)10-17(16(11-20)13-23-19)24-18(21)15-6-4-3-5-7-15/h3-7,14,16-17,20H,2,8-13H2,1H3/t14-,16+,17+,19-/m1/s1. The molecule has 24 heavy (non-hydrogen) atoms. The molecule has 5 heteroatoms. The van der Waals surface area contributed by atoms with Gasteiger partial charge in [-0.1, -0.05) is 31.5 Å². The van der Waals surface area contributed by atoms with Crippen LogP contribution in [0.25, 0.3) is 0 Å². The second-order valence-corrected chi connectivity index (χ2v) is 6.80. The first-order chi connectivity index (χ1) is 11.7. The molecule has 1 spiro atoms. The fourth-order valence-electron chi connectivity index (χ4n) is 3.43. The van der Waals surface area contributed by atoms with Crippen molar-refractivity contribution in [2.75, 3.05) is 19.8 Å². The fraction of sp³-hybridized carbons (Fsp3) is 0.632. The molecule has 3 rings (SSSR count). The van der Waals surface area contributed by atoms with Gasteiger partial charge >= 0.3 is 5.97 Å². The van der Waals surface area contributed by atoms with Gasteiger partial charge in [-0.2, -0.15) is 0 Å². The number of hydrogen-bond donors (Lipinski definition) is 1. The maximum absolute atomic E-state index is 12.4. The molecule has 0 bridgehead atoms. The molecule has 2 aliphatic heterocycles. The van der Waals surface area contributed by atoms with E-state index in [4.69, 9.17) is 14.2 Å². The molecule has 4 atom stereocenters. The maximum atomic E-state index is 12.4.